The predicted octanol–water partition coefficient (Wildman–Crippen LogP) is 2.17. The van der Waals surface area contributed by atoms with Gasteiger partial charge in [0.1, 0.15) is 12.3 Å². The summed E-state index contributed by atoms with van der Waals surface area (Å²) in [5.74, 6) is 1.03. The minimum absolute atomic E-state index is 0.0538. The highest BCUT2D eigenvalue weighted by Crippen LogP contribution is 2.15. The summed E-state index contributed by atoms with van der Waals surface area (Å²) in [6.07, 6.45) is 1.96. The molecule has 1 rings (SSSR count). The van der Waals surface area contributed by atoms with Crippen molar-refractivity contribution in [1.29, 1.82) is 0 Å². The Balaban J connectivity index is 2.68. The van der Waals surface area contributed by atoms with Crippen molar-refractivity contribution in [2.45, 2.75) is 19.6 Å². The first-order valence-electron chi connectivity index (χ1n) is 6.14. The van der Waals surface area contributed by atoms with E-state index in [1.54, 1.807) is 30.8 Å². The van der Waals surface area contributed by atoms with E-state index in [0.717, 1.165) is 11.5 Å². The second-order valence-corrected chi connectivity index (χ2v) is 4.69. The maximum Gasteiger partial charge on any atom is 0.325 e. The van der Waals surface area contributed by atoms with Gasteiger partial charge in [0.25, 0.3) is 5.91 Å². The van der Waals surface area contributed by atoms with Crippen LogP contribution in [0, 0.1) is 0 Å². The molecule has 1 aromatic heterocycles. The molecule has 0 saturated carbocycles. The summed E-state index contributed by atoms with van der Waals surface area (Å²) in [6, 6.07) is 3.42. The van der Waals surface area contributed by atoms with Crippen LogP contribution >= 0.6 is 11.8 Å². The number of nitrogens with zero attached hydrogens (tertiary/aromatic N) is 1. The summed E-state index contributed by atoms with van der Waals surface area (Å²) < 4.78 is 10.3. The Bertz CT molecular complexity index is 430. The Hall–Kier alpha value is -1.43. The lowest BCUT2D eigenvalue weighted by molar-refractivity contribution is -0.143. The van der Waals surface area contributed by atoms with E-state index in [2.05, 4.69) is 0 Å². The van der Waals surface area contributed by atoms with E-state index in [1.165, 1.54) is 4.90 Å². The first kappa shape index (κ1) is 15.6. The molecule has 5 nitrogen and oxygen atoms in total. The SMILES string of the molecule is CCOC(=O)CN(CC)C(=O)c1ccc(CSC)o1. The third-order valence-corrected chi connectivity index (χ3v) is 3.03. The maximum atomic E-state index is 12.2. The molecule has 0 saturated heterocycles. The number of hydrogen-bond donors (Lipinski definition) is 0. The fourth-order valence-corrected chi connectivity index (χ4v) is 2.00. The van der Waals surface area contributed by atoms with E-state index in [1.807, 2.05) is 13.2 Å². The van der Waals surface area contributed by atoms with Crippen LogP contribution in [-0.4, -0.2) is 42.7 Å². The lowest BCUT2D eigenvalue weighted by atomic mass is 10.3. The quantitative estimate of drug-likeness (QED) is 0.719. The minimum Gasteiger partial charge on any atom is -0.465 e. The van der Waals surface area contributed by atoms with Crippen molar-refractivity contribution in [3.05, 3.63) is 23.7 Å². The summed E-state index contributed by atoms with van der Waals surface area (Å²) in [5.41, 5.74) is 0. The molecule has 0 radical (unpaired) electrons. The smallest absolute Gasteiger partial charge is 0.325 e. The van der Waals surface area contributed by atoms with Crippen LogP contribution in [0.3, 0.4) is 0 Å². The van der Waals surface area contributed by atoms with Crippen molar-refractivity contribution in [1.82, 2.24) is 4.90 Å². The van der Waals surface area contributed by atoms with Crippen LogP contribution in [0.4, 0.5) is 0 Å². The van der Waals surface area contributed by atoms with Gasteiger partial charge in [0.2, 0.25) is 0 Å². The van der Waals surface area contributed by atoms with Crippen LogP contribution in [0.5, 0.6) is 0 Å². The Morgan fingerprint density at radius 2 is 2.11 bits per heavy atom. The standard InChI is InChI=1S/C13H19NO4S/c1-4-14(8-12(15)17-5-2)13(16)11-7-6-10(18-11)9-19-3/h6-7H,4-5,8-9H2,1-3H3. The second-order valence-electron chi connectivity index (χ2n) is 3.82. The number of ether oxygens (including phenoxy) is 1. The summed E-state index contributed by atoms with van der Waals surface area (Å²) >= 11 is 1.62. The van der Waals surface area contributed by atoms with Gasteiger partial charge >= 0.3 is 5.97 Å². The number of amides is 1. The highest BCUT2D eigenvalue weighted by atomic mass is 32.2. The fraction of sp³-hybridized carbons (Fsp3) is 0.538. The lowest BCUT2D eigenvalue weighted by Crippen LogP contribution is -2.36. The zero-order chi connectivity index (χ0) is 14.3. The van der Waals surface area contributed by atoms with Crippen molar-refractivity contribution in [2.75, 3.05) is 26.0 Å². The molecule has 0 spiro atoms. The van der Waals surface area contributed by atoms with E-state index in [4.69, 9.17) is 9.15 Å². The molecule has 106 valence electrons. The van der Waals surface area contributed by atoms with E-state index >= 15 is 0 Å². The molecule has 0 atom stereocenters. The molecule has 6 heteroatoms. The van der Waals surface area contributed by atoms with Gasteiger partial charge in [0.15, 0.2) is 5.76 Å². The first-order chi connectivity index (χ1) is 9.12. The second kappa shape index (κ2) is 7.89. The largest absolute Gasteiger partial charge is 0.465 e. The third kappa shape index (κ3) is 4.63. The van der Waals surface area contributed by atoms with Gasteiger partial charge in [-0.2, -0.15) is 11.8 Å². The van der Waals surface area contributed by atoms with Crippen LogP contribution in [0.1, 0.15) is 30.2 Å². The van der Waals surface area contributed by atoms with Crippen molar-refractivity contribution < 1.29 is 18.7 Å². The van der Waals surface area contributed by atoms with Crippen molar-refractivity contribution in [3.8, 4) is 0 Å². The summed E-state index contributed by atoms with van der Waals surface area (Å²) in [5, 5.41) is 0. The minimum atomic E-state index is -0.409. The van der Waals surface area contributed by atoms with Crippen LogP contribution in [-0.2, 0) is 15.3 Å². The number of carbonyl (C=O) groups is 2. The zero-order valence-corrected chi connectivity index (χ0v) is 12.3. The monoisotopic (exact) mass is 285 g/mol. The van der Waals surface area contributed by atoms with Gasteiger partial charge in [-0.25, -0.2) is 0 Å². The summed E-state index contributed by atoms with van der Waals surface area (Å²) in [4.78, 5) is 25.0. The van der Waals surface area contributed by atoms with Gasteiger partial charge in [-0.3, -0.25) is 9.59 Å². The predicted molar refractivity (Wildman–Crippen MR) is 74.1 cm³/mol. The van der Waals surface area contributed by atoms with Crippen molar-refractivity contribution in [2.24, 2.45) is 0 Å². The number of esters is 1. The van der Waals surface area contributed by atoms with Crippen LogP contribution in [0.2, 0.25) is 0 Å². The zero-order valence-electron chi connectivity index (χ0n) is 11.5. The fourth-order valence-electron chi connectivity index (χ4n) is 1.56. The molecule has 1 heterocycles. The van der Waals surface area contributed by atoms with Gasteiger partial charge in [-0.05, 0) is 32.2 Å². The molecule has 0 aromatic carbocycles. The molecule has 0 aliphatic heterocycles. The molecule has 0 N–H and O–H groups in total. The average Bonchev–Trinajstić information content (AvgIpc) is 2.84. The number of thioether (sulfide) groups is 1. The first-order valence-corrected chi connectivity index (χ1v) is 7.54. The number of hydrogen-bond acceptors (Lipinski definition) is 5. The van der Waals surface area contributed by atoms with E-state index < -0.39 is 5.97 Å². The normalized spacial score (nSPS) is 10.3. The Morgan fingerprint density at radius 1 is 1.37 bits per heavy atom. The van der Waals surface area contributed by atoms with Crippen LogP contribution in [0.25, 0.3) is 0 Å². The van der Waals surface area contributed by atoms with Gasteiger partial charge in [0.05, 0.1) is 12.4 Å². The molecular weight excluding hydrogens is 266 g/mol. The third-order valence-electron chi connectivity index (χ3n) is 2.45. The molecule has 1 aromatic rings. The van der Waals surface area contributed by atoms with Gasteiger partial charge < -0.3 is 14.1 Å². The van der Waals surface area contributed by atoms with Gasteiger partial charge in [-0.15, -0.1) is 0 Å². The Morgan fingerprint density at radius 3 is 2.68 bits per heavy atom. The molecule has 0 aliphatic rings. The van der Waals surface area contributed by atoms with E-state index in [9.17, 15) is 9.59 Å². The Kier molecular flexibility index (Phi) is 6.49. The number of rotatable bonds is 7. The molecule has 1 amide bonds. The van der Waals surface area contributed by atoms with Crippen LogP contribution in [0.15, 0.2) is 16.5 Å². The maximum absolute atomic E-state index is 12.2. The molecule has 19 heavy (non-hydrogen) atoms. The number of carbonyl (C=O) groups excluding carboxylic acids is 2. The average molecular weight is 285 g/mol. The lowest BCUT2D eigenvalue weighted by Gasteiger charge is -2.18. The summed E-state index contributed by atoms with van der Waals surface area (Å²) in [6.45, 7) is 4.22. The topological polar surface area (TPSA) is 59.8 Å². The molecule has 0 fully saturated rings. The van der Waals surface area contributed by atoms with Crippen molar-refractivity contribution >= 4 is 23.6 Å². The van der Waals surface area contributed by atoms with Crippen LogP contribution < -0.4 is 0 Å². The number of likely N-dealkylation sites (N-methyl/N-ethyl adjacent to an activating group) is 1. The summed E-state index contributed by atoms with van der Waals surface area (Å²) in [7, 11) is 0. The van der Waals surface area contributed by atoms with E-state index in [-0.39, 0.29) is 18.2 Å². The highest BCUT2D eigenvalue weighted by Gasteiger charge is 2.20. The number of furan rings is 1. The molecule has 0 bridgehead atoms. The highest BCUT2D eigenvalue weighted by molar-refractivity contribution is 7.97. The van der Waals surface area contributed by atoms with Gasteiger partial charge in [0, 0.05) is 6.54 Å². The molecular formula is C13H19NO4S. The molecule has 0 aliphatic carbocycles. The molecule has 0 unspecified atom stereocenters. The Labute approximate surface area is 117 Å². The van der Waals surface area contributed by atoms with Crippen molar-refractivity contribution in [3.63, 3.8) is 0 Å². The van der Waals surface area contributed by atoms with Gasteiger partial charge in [-0.1, -0.05) is 0 Å². The van der Waals surface area contributed by atoms with E-state index in [0.29, 0.717) is 13.2 Å².